The number of hydrogen-bond donors (Lipinski definition) is 0. The molecular formula is C24H23N3O2S. The van der Waals surface area contributed by atoms with Gasteiger partial charge in [0.1, 0.15) is 10.8 Å². The quantitative estimate of drug-likeness (QED) is 0.485. The van der Waals surface area contributed by atoms with Crippen LogP contribution in [0.1, 0.15) is 9.67 Å². The highest BCUT2D eigenvalue weighted by molar-refractivity contribution is 7.16. The minimum atomic E-state index is 0.122. The van der Waals surface area contributed by atoms with Crippen molar-refractivity contribution in [3.8, 4) is 10.8 Å². The molecule has 2 aromatic heterocycles. The van der Waals surface area contributed by atoms with Crippen LogP contribution in [0.2, 0.25) is 0 Å². The number of nitrogens with zero attached hydrogens (tertiary/aromatic N) is 3. The number of ether oxygens (including phenoxy) is 1. The summed E-state index contributed by atoms with van der Waals surface area (Å²) in [5.41, 5.74) is 2.33. The Labute approximate surface area is 179 Å². The molecule has 1 amide bonds. The van der Waals surface area contributed by atoms with Crippen molar-refractivity contribution >= 4 is 33.8 Å². The third kappa shape index (κ3) is 3.44. The number of amides is 1. The molecular weight excluding hydrogens is 394 g/mol. The van der Waals surface area contributed by atoms with Crippen molar-refractivity contribution in [3.63, 3.8) is 0 Å². The van der Waals surface area contributed by atoms with Crippen molar-refractivity contribution in [2.75, 3.05) is 38.2 Å². The summed E-state index contributed by atoms with van der Waals surface area (Å²) in [6.07, 6.45) is 2.07. The average molecular weight is 418 g/mol. The lowest BCUT2D eigenvalue weighted by molar-refractivity contribution is 0.0751. The van der Waals surface area contributed by atoms with Crippen LogP contribution in [0.15, 0.2) is 72.9 Å². The summed E-state index contributed by atoms with van der Waals surface area (Å²) in [6, 6.07) is 22.5. The number of rotatable bonds is 4. The topological polar surface area (TPSA) is 37.7 Å². The van der Waals surface area contributed by atoms with E-state index in [9.17, 15) is 4.79 Å². The minimum Gasteiger partial charge on any atom is -0.497 e. The molecule has 6 heteroatoms. The van der Waals surface area contributed by atoms with Gasteiger partial charge in [-0.1, -0.05) is 18.2 Å². The summed E-state index contributed by atoms with van der Waals surface area (Å²) in [5, 5.41) is 2.27. The van der Waals surface area contributed by atoms with E-state index in [0.717, 1.165) is 47.3 Å². The van der Waals surface area contributed by atoms with Crippen molar-refractivity contribution in [3.05, 3.63) is 77.8 Å². The molecule has 0 atom stereocenters. The van der Waals surface area contributed by atoms with Gasteiger partial charge in [0.25, 0.3) is 5.91 Å². The van der Waals surface area contributed by atoms with Gasteiger partial charge < -0.3 is 19.1 Å². The highest BCUT2D eigenvalue weighted by Gasteiger charge is 2.23. The Hall–Kier alpha value is -3.25. The lowest BCUT2D eigenvalue weighted by Crippen LogP contribution is -2.48. The van der Waals surface area contributed by atoms with E-state index in [4.69, 9.17) is 4.74 Å². The second-order valence-corrected chi connectivity index (χ2v) is 8.42. The van der Waals surface area contributed by atoms with Gasteiger partial charge >= 0.3 is 0 Å². The summed E-state index contributed by atoms with van der Waals surface area (Å²) in [5.74, 6) is 0.980. The Morgan fingerprint density at radius 2 is 1.67 bits per heavy atom. The molecule has 2 aromatic carbocycles. The molecule has 5 nitrogen and oxygen atoms in total. The molecule has 152 valence electrons. The minimum absolute atomic E-state index is 0.122. The van der Waals surface area contributed by atoms with Gasteiger partial charge in [-0.3, -0.25) is 4.79 Å². The average Bonchev–Trinajstić information content (AvgIpc) is 3.46. The van der Waals surface area contributed by atoms with Crippen molar-refractivity contribution < 1.29 is 9.53 Å². The molecule has 0 bridgehead atoms. The highest BCUT2D eigenvalue weighted by Crippen LogP contribution is 2.27. The second-order valence-electron chi connectivity index (χ2n) is 7.36. The normalized spacial score (nSPS) is 14.3. The molecule has 1 saturated heterocycles. The van der Waals surface area contributed by atoms with Gasteiger partial charge in [0.2, 0.25) is 0 Å². The van der Waals surface area contributed by atoms with Crippen molar-refractivity contribution in [1.29, 1.82) is 0 Å². The van der Waals surface area contributed by atoms with E-state index in [2.05, 4.69) is 46.0 Å². The largest absolute Gasteiger partial charge is 0.497 e. The third-order valence-electron chi connectivity index (χ3n) is 5.64. The number of piperazine rings is 1. The Kier molecular flexibility index (Phi) is 4.93. The second kappa shape index (κ2) is 7.88. The lowest BCUT2D eigenvalue weighted by atomic mass is 10.2. The number of methoxy groups -OCH3 is 1. The summed E-state index contributed by atoms with van der Waals surface area (Å²) in [7, 11) is 1.67. The fourth-order valence-electron chi connectivity index (χ4n) is 3.96. The number of benzene rings is 2. The zero-order valence-electron chi connectivity index (χ0n) is 16.8. The first kappa shape index (κ1) is 18.8. The van der Waals surface area contributed by atoms with Crippen molar-refractivity contribution in [2.24, 2.45) is 0 Å². The number of carbonyl (C=O) groups excluding carboxylic acids is 1. The molecule has 0 unspecified atom stereocenters. The van der Waals surface area contributed by atoms with Crippen LogP contribution in [0.4, 0.5) is 5.69 Å². The molecule has 3 heterocycles. The van der Waals surface area contributed by atoms with E-state index in [1.54, 1.807) is 18.4 Å². The number of fused-ring (bicyclic) bond motifs is 1. The van der Waals surface area contributed by atoms with Gasteiger partial charge in [-0.15, -0.1) is 11.3 Å². The summed E-state index contributed by atoms with van der Waals surface area (Å²) in [4.78, 5) is 18.1. The first-order chi connectivity index (χ1) is 14.7. The van der Waals surface area contributed by atoms with Gasteiger partial charge in [0, 0.05) is 38.1 Å². The van der Waals surface area contributed by atoms with Crippen LogP contribution in [-0.4, -0.2) is 48.7 Å². The predicted molar refractivity (Wildman–Crippen MR) is 122 cm³/mol. The smallest absolute Gasteiger partial charge is 0.264 e. The van der Waals surface area contributed by atoms with Crippen LogP contribution in [0, 0.1) is 0 Å². The Morgan fingerprint density at radius 1 is 0.900 bits per heavy atom. The summed E-state index contributed by atoms with van der Waals surface area (Å²) >= 11 is 1.55. The molecule has 5 rings (SSSR count). The highest BCUT2D eigenvalue weighted by atomic mass is 32.1. The van der Waals surface area contributed by atoms with Gasteiger partial charge in [-0.2, -0.15) is 0 Å². The SMILES string of the molecule is COc1ccc(N2CCN(C(=O)c3ccc(-n4ccc5ccccc54)s3)CC2)cc1. The number of carbonyl (C=O) groups is 1. The molecule has 1 aliphatic rings. The Bertz CT molecular complexity index is 1170. The summed E-state index contributed by atoms with van der Waals surface area (Å²) in [6.45, 7) is 3.12. The maximum absolute atomic E-state index is 13.1. The van der Waals surface area contributed by atoms with Crippen LogP contribution in [-0.2, 0) is 0 Å². The fraction of sp³-hybridized carbons (Fsp3) is 0.208. The molecule has 4 aromatic rings. The number of anilines is 1. The standard InChI is InChI=1S/C24H23N3O2S/c1-29-20-8-6-19(7-9-20)25-14-16-26(17-15-25)24(28)22-10-11-23(30-22)27-13-12-18-4-2-3-5-21(18)27/h2-13H,14-17H2,1H3. The van der Waals surface area contributed by atoms with E-state index < -0.39 is 0 Å². The van der Waals surface area contributed by atoms with Gasteiger partial charge in [-0.05, 0) is 53.9 Å². The summed E-state index contributed by atoms with van der Waals surface area (Å²) < 4.78 is 7.39. The first-order valence-electron chi connectivity index (χ1n) is 10.1. The Morgan fingerprint density at radius 3 is 2.43 bits per heavy atom. The number of aromatic nitrogens is 1. The molecule has 0 spiro atoms. The van der Waals surface area contributed by atoms with Crippen LogP contribution in [0.3, 0.4) is 0 Å². The molecule has 1 fully saturated rings. The van der Waals surface area contributed by atoms with E-state index in [1.807, 2.05) is 41.3 Å². The Balaban J connectivity index is 1.27. The van der Waals surface area contributed by atoms with E-state index >= 15 is 0 Å². The number of thiophene rings is 1. The maximum Gasteiger partial charge on any atom is 0.264 e. The lowest BCUT2D eigenvalue weighted by Gasteiger charge is -2.36. The van der Waals surface area contributed by atoms with Crippen LogP contribution in [0.5, 0.6) is 5.75 Å². The van der Waals surface area contributed by atoms with E-state index in [0.29, 0.717) is 0 Å². The first-order valence-corrected chi connectivity index (χ1v) is 10.9. The zero-order chi connectivity index (χ0) is 20.5. The molecule has 1 aliphatic heterocycles. The molecule has 30 heavy (non-hydrogen) atoms. The fourth-order valence-corrected chi connectivity index (χ4v) is 4.94. The van der Waals surface area contributed by atoms with E-state index in [-0.39, 0.29) is 5.91 Å². The van der Waals surface area contributed by atoms with Gasteiger partial charge in [0.15, 0.2) is 0 Å². The third-order valence-corrected chi connectivity index (χ3v) is 6.72. The van der Waals surface area contributed by atoms with Crippen LogP contribution >= 0.6 is 11.3 Å². The van der Waals surface area contributed by atoms with E-state index in [1.165, 1.54) is 11.1 Å². The zero-order valence-corrected chi connectivity index (χ0v) is 17.6. The van der Waals surface area contributed by atoms with Gasteiger partial charge in [-0.25, -0.2) is 0 Å². The molecule has 0 radical (unpaired) electrons. The molecule has 0 aliphatic carbocycles. The van der Waals surface area contributed by atoms with Crippen LogP contribution in [0.25, 0.3) is 15.9 Å². The van der Waals surface area contributed by atoms with Crippen LogP contribution < -0.4 is 9.64 Å². The van der Waals surface area contributed by atoms with Crippen molar-refractivity contribution in [2.45, 2.75) is 0 Å². The monoisotopic (exact) mass is 417 g/mol. The van der Waals surface area contributed by atoms with Crippen molar-refractivity contribution in [1.82, 2.24) is 9.47 Å². The maximum atomic E-state index is 13.1. The van der Waals surface area contributed by atoms with Gasteiger partial charge in [0.05, 0.1) is 17.5 Å². The number of hydrogen-bond acceptors (Lipinski definition) is 4. The predicted octanol–water partition coefficient (Wildman–Crippen LogP) is 4.66. The number of para-hydroxylation sites is 1. The molecule has 0 saturated carbocycles. The molecule has 0 N–H and O–H groups in total.